The molecule has 0 amide bonds. The van der Waals surface area contributed by atoms with Crippen molar-refractivity contribution in [1.29, 1.82) is 0 Å². The van der Waals surface area contributed by atoms with Gasteiger partial charge in [0, 0.05) is 43.8 Å². The van der Waals surface area contributed by atoms with Gasteiger partial charge in [0.15, 0.2) is 6.61 Å². The molecule has 0 atom stereocenters. The van der Waals surface area contributed by atoms with E-state index in [0.717, 1.165) is 43.4 Å². The zero-order chi connectivity index (χ0) is 24.8. The Balaban J connectivity index is 0.000000384. The number of anilines is 1. The van der Waals surface area contributed by atoms with Crippen LogP contribution in [0, 0.1) is 0 Å². The highest BCUT2D eigenvalue weighted by molar-refractivity contribution is 6.33. The molecule has 1 fully saturated rings. The quantitative estimate of drug-likeness (QED) is 0.417. The maximum Gasteiger partial charge on any atom is 0.341 e. The molecule has 1 N–H and O–H groups in total. The highest BCUT2D eigenvalue weighted by atomic mass is 35.5. The molecule has 1 aliphatic rings. The van der Waals surface area contributed by atoms with Crippen molar-refractivity contribution in [3.05, 3.63) is 94.5 Å². The van der Waals surface area contributed by atoms with Gasteiger partial charge in [-0.1, -0.05) is 85.6 Å². The topological polar surface area (TPSA) is 53.0 Å². The van der Waals surface area contributed by atoms with E-state index in [-0.39, 0.29) is 6.61 Å². The van der Waals surface area contributed by atoms with Crippen molar-refractivity contribution in [2.75, 3.05) is 37.7 Å². The third kappa shape index (κ3) is 9.64. The van der Waals surface area contributed by atoms with Crippen LogP contribution in [0.3, 0.4) is 0 Å². The van der Waals surface area contributed by atoms with Crippen LogP contribution in [-0.4, -0.2) is 48.8 Å². The van der Waals surface area contributed by atoms with Crippen molar-refractivity contribution in [2.45, 2.75) is 20.4 Å². The van der Waals surface area contributed by atoms with E-state index < -0.39 is 5.97 Å². The summed E-state index contributed by atoms with van der Waals surface area (Å²) < 4.78 is 5.16. The second-order valence-electron chi connectivity index (χ2n) is 7.34. The van der Waals surface area contributed by atoms with Gasteiger partial charge in [0.2, 0.25) is 0 Å². The summed E-state index contributed by atoms with van der Waals surface area (Å²) in [5, 5.41) is 10.0. The summed E-state index contributed by atoms with van der Waals surface area (Å²) in [6.07, 6.45) is 0. The van der Waals surface area contributed by atoms with Crippen molar-refractivity contribution in [2.24, 2.45) is 0 Å². The molecular formula is C27H32Cl2N2O3. The highest BCUT2D eigenvalue weighted by Gasteiger charge is 2.19. The van der Waals surface area contributed by atoms with E-state index in [1.54, 1.807) is 12.1 Å². The van der Waals surface area contributed by atoms with Gasteiger partial charge in [-0.15, -0.1) is 0 Å². The lowest BCUT2D eigenvalue weighted by Gasteiger charge is -2.36. The molecule has 34 heavy (non-hydrogen) atoms. The van der Waals surface area contributed by atoms with Gasteiger partial charge in [-0.3, -0.25) is 4.90 Å². The minimum Gasteiger partial charge on any atom is -0.482 e. The van der Waals surface area contributed by atoms with Gasteiger partial charge < -0.3 is 14.7 Å². The van der Waals surface area contributed by atoms with E-state index in [2.05, 4.69) is 34.1 Å². The summed E-state index contributed by atoms with van der Waals surface area (Å²) in [5.41, 5.74) is 2.29. The Morgan fingerprint density at radius 2 is 1.47 bits per heavy atom. The number of rotatable bonds is 6. The average Bonchev–Trinajstić information content (AvgIpc) is 2.86. The van der Waals surface area contributed by atoms with Crippen molar-refractivity contribution < 1.29 is 14.6 Å². The minimum absolute atomic E-state index is 0.367. The number of benzene rings is 3. The first-order chi connectivity index (χ1) is 16.5. The number of hydrogen-bond acceptors (Lipinski definition) is 4. The third-order valence-corrected chi connectivity index (χ3v) is 5.53. The van der Waals surface area contributed by atoms with Crippen molar-refractivity contribution in [1.82, 2.24) is 4.90 Å². The predicted molar refractivity (Wildman–Crippen MR) is 141 cm³/mol. The van der Waals surface area contributed by atoms with Gasteiger partial charge in [0.05, 0.1) is 10.7 Å². The summed E-state index contributed by atoms with van der Waals surface area (Å²) in [6, 6.07) is 25.3. The van der Waals surface area contributed by atoms with E-state index in [1.807, 2.05) is 56.3 Å². The van der Waals surface area contributed by atoms with Crippen molar-refractivity contribution in [3.8, 4) is 5.75 Å². The van der Waals surface area contributed by atoms with Gasteiger partial charge in [0.1, 0.15) is 5.75 Å². The summed E-state index contributed by atoms with van der Waals surface area (Å²) in [5.74, 6) is -0.534. The molecule has 0 spiro atoms. The Kier molecular flexibility index (Phi) is 12.3. The summed E-state index contributed by atoms with van der Waals surface area (Å²) in [7, 11) is 0. The largest absolute Gasteiger partial charge is 0.482 e. The fourth-order valence-electron chi connectivity index (χ4n) is 3.38. The van der Waals surface area contributed by atoms with E-state index >= 15 is 0 Å². The Morgan fingerprint density at radius 1 is 0.882 bits per heavy atom. The molecule has 0 unspecified atom stereocenters. The summed E-state index contributed by atoms with van der Waals surface area (Å²) >= 11 is 11.9. The minimum atomic E-state index is -1.00. The number of carboxylic acids is 1. The van der Waals surface area contributed by atoms with Gasteiger partial charge in [-0.2, -0.15) is 0 Å². The van der Waals surface area contributed by atoms with E-state index in [9.17, 15) is 4.79 Å². The molecule has 7 heteroatoms. The van der Waals surface area contributed by atoms with Crippen LogP contribution < -0.4 is 9.64 Å². The van der Waals surface area contributed by atoms with Crippen LogP contribution in [0.25, 0.3) is 0 Å². The molecule has 0 aliphatic carbocycles. The monoisotopic (exact) mass is 502 g/mol. The van der Waals surface area contributed by atoms with Crippen LogP contribution in [0.15, 0.2) is 78.9 Å². The van der Waals surface area contributed by atoms with Gasteiger partial charge in [-0.05, 0) is 29.8 Å². The molecule has 0 saturated carbocycles. The average molecular weight is 503 g/mol. The first-order valence-electron chi connectivity index (χ1n) is 11.4. The number of ether oxygens (including phenoxy) is 1. The van der Waals surface area contributed by atoms with Gasteiger partial charge in [0.25, 0.3) is 0 Å². The maximum atomic E-state index is 10.6. The van der Waals surface area contributed by atoms with E-state index in [0.29, 0.717) is 10.8 Å². The molecule has 3 aromatic carbocycles. The fraction of sp³-hybridized carbons (Fsp3) is 0.296. The third-order valence-electron chi connectivity index (χ3n) is 4.98. The normalized spacial score (nSPS) is 13.1. The molecule has 0 aromatic heterocycles. The lowest BCUT2D eigenvalue weighted by Crippen LogP contribution is -2.46. The Bertz CT molecular complexity index is 980. The molecule has 5 nitrogen and oxygen atoms in total. The van der Waals surface area contributed by atoms with Crippen LogP contribution in [0.1, 0.15) is 19.4 Å². The van der Waals surface area contributed by atoms with Gasteiger partial charge in [-0.25, -0.2) is 4.79 Å². The second-order valence-corrected chi connectivity index (χ2v) is 8.18. The molecule has 4 rings (SSSR count). The van der Waals surface area contributed by atoms with Crippen LogP contribution in [0.4, 0.5) is 5.69 Å². The number of carboxylic acid groups (broad SMARTS) is 1. The number of hydrogen-bond donors (Lipinski definition) is 1. The molecule has 182 valence electrons. The Labute approximate surface area is 212 Å². The van der Waals surface area contributed by atoms with Crippen LogP contribution in [0.5, 0.6) is 5.75 Å². The standard InChI is InChI=1S/C19H21ClN2O3.C6H5Cl.C2H6/c20-17-12-16(25-14-19(23)24)6-7-18(17)22-10-8-21(9-11-22)13-15-4-2-1-3-5-15;7-6-4-2-1-3-5-6;1-2/h1-7,12H,8-11,13-14H2,(H,23,24);1-5H;1-2H3. The number of carbonyl (C=O) groups is 1. The second kappa shape index (κ2) is 15.2. The predicted octanol–water partition coefficient (Wildman–Crippen LogP) is 6.49. The van der Waals surface area contributed by atoms with Crippen LogP contribution >= 0.6 is 23.2 Å². The van der Waals surface area contributed by atoms with Crippen molar-refractivity contribution >= 4 is 34.9 Å². The molecule has 1 heterocycles. The lowest BCUT2D eigenvalue weighted by molar-refractivity contribution is -0.139. The Hall–Kier alpha value is -2.73. The zero-order valence-electron chi connectivity index (χ0n) is 19.7. The first kappa shape index (κ1) is 27.5. The molecule has 1 aliphatic heterocycles. The fourth-order valence-corrected chi connectivity index (χ4v) is 3.82. The highest BCUT2D eigenvalue weighted by Crippen LogP contribution is 2.30. The molecule has 0 bridgehead atoms. The molecule has 3 aromatic rings. The molecule has 1 saturated heterocycles. The van der Waals surface area contributed by atoms with E-state index in [4.69, 9.17) is 33.0 Å². The van der Waals surface area contributed by atoms with Crippen LogP contribution in [-0.2, 0) is 11.3 Å². The number of piperazine rings is 1. The molecular weight excluding hydrogens is 471 g/mol. The zero-order valence-corrected chi connectivity index (χ0v) is 21.2. The summed E-state index contributed by atoms with van der Waals surface area (Å²) in [4.78, 5) is 15.3. The van der Waals surface area contributed by atoms with Crippen molar-refractivity contribution in [3.63, 3.8) is 0 Å². The summed E-state index contributed by atoms with van der Waals surface area (Å²) in [6.45, 7) is 8.35. The maximum absolute atomic E-state index is 10.6. The van der Waals surface area contributed by atoms with E-state index in [1.165, 1.54) is 5.56 Å². The Morgan fingerprint density at radius 3 is 1.97 bits per heavy atom. The lowest BCUT2D eigenvalue weighted by atomic mass is 10.2. The SMILES string of the molecule is CC.Clc1ccccc1.O=C(O)COc1ccc(N2CCN(Cc3ccccc3)CC2)c(Cl)c1. The van der Waals surface area contributed by atoms with Crippen LogP contribution in [0.2, 0.25) is 10.0 Å². The number of nitrogens with zero attached hydrogens (tertiary/aromatic N) is 2. The van der Waals surface area contributed by atoms with Gasteiger partial charge >= 0.3 is 5.97 Å². The number of halogens is 2. The molecule has 0 radical (unpaired) electrons. The smallest absolute Gasteiger partial charge is 0.341 e. The first-order valence-corrected chi connectivity index (χ1v) is 12.1. The number of aliphatic carboxylic acids is 1.